The minimum absolute atomic E-state index is 0.0133. The van der Waals surface area contributed by atoms with Crippen LogP contribution in [0.4, 0.5) is 34.1 Å². The Morgan fingerprint density at radius 1 is 0.391 bits per heavy atom. The third kappa shape index (κ3) is 6.59. The van der Waals surface area contributed by atoms with Crippen LogP contribution in [0.15, 0.2) is 140 Å². The summed E-state index contributed by atoms with van der Waals surface area (Å²) in [4.78, 5) is 5.27. The van der Waals surface area contributed by atoms with Crippen LogP contribution in [0.2, 0.25) is 0 Å². The summed E-state index contributed by atoms with van der Waals surface area (Å²) in [6, 6.07) is 54.4. The summed E-state index contributed by atoms with van der Waals surface area (Å²) in [6.45, 7) is 33.0. The van der Waals surface area contributed by atoms with Crippen molar-refractivity contribution in [3.63, 3.8) is 0 Å². The molecule has 2 aliphatic heterocycles. The third-order valence-electron chi connectivity index (χ3n) is 14.7. The second-order valence-electron chi connectivity index (χ2n) is 23.6. The molecule has 0 atom stereocenters. The highest BCUT2D eigenvalue weighted by Crippen LogP contribution is 2.56. The maximum Gasteiger partial charge on any atom is 0.252 e. The largest absolute Gasteiger partial charge is 0.311 e. The van der Waals surface area contributed by atoms with Crippen LogP contribution in [-0.2, 0) is 27.1 Å². The van der Waals surface area contributed by atoms with Crippen molar-refractivity contribution < 1.29 is 0 Å². The van der Waals surface area contributed by atoms with E-state index >= 15 is 0 Å². The van der Waals surface area contributed by atoms with Crippen LogP contribution >= 0.6 is 0 Å². The number of anilines is 6. The van der Waals surface area contributed by atoms with Gasteiger partial charge in [-0.1, -0.05) is 194 Å². The fourth-order valence-electron chi connectivity index (χ4n) is 10.9. The van der Waals surface area contributed by atoms with Gasteiger partial charge in [0, 0.05) is 33.9 Å². The van der Waals surface area contributed by atoms with Crippen LogP contribution in [0, 0.1) is 0 Å². The van der Waals surface area contributed by atoms with Crippen molar-refractivity contribution in [3.05, 3.63) is 173 Å². The fourth-order valence-corrected chi connectivity index (χ4v) is 10.9. The van der Waals surface area contributed by atoms with Gasteiger partial charge >= 0.3 is 0 Å². The van der Waals surface area contributed by atoms with Crippen LogP contribution in [0.3, 0.4) is 0 Å². The standard InChI is InChI=1S/C61H65BN2/c1-57(2,3)40-24-28-44(29-25-40)63-50-32-23-39(38-19-16-15-17-20-38)33-49(50)62-48-31-27-42(59(7,8)9)35-52(48)64(54-37-43(60(10,11)12)36-53(63)56(54)62)51-22-18-21-46-45-30-26-41(58(4,5)6)34-47(45)61(13,14)55(46)51/h15-37H,1-14H3. The summed E-state index contributed by atoms with van der Waals surface area (Å²) in [7, 11) is 0. The monoisotopic (exact) mass is 837 g/mol. The molecule has 0 aromatic heterocycles. The molecule has 0 saturated heterocycles. The van der Waals surface area contributed by atoms with Crippen molar-refractivity contribution in [1.82, 2.24) is 0 Å². The van der Waals surface area contributed by atoms with Gasteiger partial charge in [-0.2, -0.15) is 0 Å². The first kappa shape index (κ1) is 42.2. The average Bonchev–Trinajstić information content (AvgIpc) is 3.47. The Kier molecular flexibility index (Phi) is 9.29. The molecule has 7 aromatic carbocycles. The molecule has 0 unspecified atom stereocenters. The van der Waals surface area contributed by atoms with E-state index in [9.17, 15) is 0 Å². The molecule has 0 radical (unpaired) electrons. The second-order valence-corrected chi connectivity index (χ2v) is 23.6. The SMILES string of the molecule is CC(C)(C)c1ccc(N2c3ccc(-c4ccccc4)cc3B3c4ccc(C(C)(C)C)cc4N(c4cccc5c4C(C)(C)c4cc(C(C)(C)C)ccc4-5)c4cc(C(C)(C)C)cc2c43)cc1. The zero-order valence-corrected chi connectivity index (χ0v) is 40.8. The Labute approximate surface area is 384 Å². The van der Waals surface area contributed by atoms with E-state index in [1.54, 1.807) is 0 Å². The van der Waals surface area contributed by atoms with Gasteiger partial charge in [0.1, 0.15) is 0 Å². The summed E-state index contributed by atoms with van der Waals surface area (Å²) in [5.41, 5.74) is 24.6. The Morgan fingerprint density at radius 2 is 0.969 bits per heavy atom. The van der Waals surface area contributed by atoms with Crippen molar-refractivity contribution in [2.45, 2.75) is 124 Å². The lowest BCUT2D eigenvalue weighted by atomic mass is 9.33. The lowest BCUT2D eigenvalue weighted by molar-refractivity contribution is 0.584. The quantitative estimate of drug-likeness (QED) is 0.164. The maximum absolute atomic E-state index is 2.69. The van der Waals surface area contributed by atoms with Crippen molar-refractivity contribution in [3.8, 4) is 22.3 Å². The molecular formula is C61H65BN2. The summed E-state index contributed by atoms with van der Waals surface area (Å²) >= 11 is 0. The molecule has 2 nitrogen and oxygen atoms in total. The molecule has 0 N–H and O–H groups in total. The Balaban J connectivity index is 1.32. The number of hydrogen-bond acceptors (Lipinski definition) is 2. The van der Waals surface area contributed by atoms with E-state index in [0.29, 0.717) is 0 Å². The van der Waals surface area contributed by atoms with Gasteiger partial charge < -0.3 is 9.80 Å². The molecule has 322 valence electrons. The number of nitrogens with zero attached hydrogens (tertiary/aromatic N) is 2. The van der Waals surface area contributed by atoms with Crippen LogP contribution in [0.1, 0.15) is 130 Å². The molecule has 0 spiro atoms. The number of rotatable bonds is 3. The summed E-state index contributed by atoms with van der Waals surface area (Å²) in [5, 5.41) is 0. The van der Waals surface area contributed by atoms with E-state index in [1.165, 1.54) is 106 Å². The van der Waals surface area contributed by atoms with Gasteiger partial charge in [0.25, 0.3) is 6.71 Å². The molecule has 1 aliphatic carbocycles. The van der Waals surface area contributed by atoms with Crippen LogP contribution in [-0.4, -0.2) is 6.71 Å². The number of fused-ring (bicyclic) bond motifs is 7. The Bertz CT molecular complexity index is 3000. The van der Waals surface area contributed by atoms with E-state index in [4.69, 9.17) is 0 Å². The average molecular weight is 837 g/mol. The van der Waals surface area contributed by atoms with Crippen molar-refractivity contribution in [1.29, 1.82) is 0 Å². The molecule has 0 saturated carbocycles. The molecule has 64 heavy (non-hydrogen) atoms. The van der Waals surface area contributed by atoms with Crippen molar-refractivity contribution >= 4 is 57.2 Å². The van der Waals surface area contributed by atoms with Crippen LogP contribution < -0.4 is 26.2 Å². The summed E-state index contributed by atoms with van der Waals surface area (Å²) in [5.74, 6) is 0. The summed E-state index contributed by atoms with van der Waals surface area (Å²) in [6.07, 6.45) is 0. The topological polar surface area (TPSA) is 6.48 Å². The first-order chi connectivity index (χ1) is 30.0. The number of benzene rings is 7. The van der Waals surface area contributed by atoms with E-state index in [2.05, 4.69) is 246 Å². The van der Waals surface area contributed by atoms with Crippen molar-refractivity contribution in [2.75, 3.05) is 9.80 Å². The first-order valence-corrected chi connectivity index (χ1v) is 23.6. The van der Waals surface area contributed by atoms with Gasteiger partial charge in [0.15, 0.2) is 0 Å². The normalized spacial score (nSPS) is 15.1. The molecule has 2 heterocycles. The van der Waals surface area contributed by atoms with Gasteiger partial charge in [-0.05, 0) is 136 Å². The van der Waals surface area contributed by atoms with E-state index < -0.39 is 0 Å². The molecule has 3 heteroatoms. The Morgan fingerprint density at radius 3 is 1.61 bits per heavy atom. The predicted octanol–water partition coefficient (Wildman–Crippen LogP) is 14.9. The smallest absolute Gasteiger partial charge is 0.252 e. The molecular weight excluding hydrogens is 771 g/mol. The van der Waals surface area contributed by atoms with E-state index in [1.807, 2.05) is 0 Å². The van der Waals surface area contributed by atoms with Crippen molar-refractivity contribution in [2.24, 2.45) is 0 Å². The molecule has 7 aromatic rings. The highest BCUT2D eigenvalue weighted by molar-refractivity contribution is 7.00. The highest BCUT2D eigenvalue weighted by atomic mass is 15.2. The zero-order valence-electron chi connectivity index (χ0n) is 40.8. The molecule has 0 bridgehead atoms. The molecule has 3 aliphatic rings. The second kappa shape index (κ2) is 14.1. The summed E-state index contributed by atoms with van der Waals surface area (Å²) < 4.78 is 0. The minimum atomic E-state index is -0.235. The zero-order chi connectivity index (χ0) is 45.5. The van der Waals surface area contributed by atoms with Crippen LogP contribution in [0.25, 0.3) is 22.3 Å². The minimum Gasteiger partial charge on any atom is -0.311 e. The van der Waals surface area contributed by atoms with Gasteiger partial charge in [-0.15, -0.1) is 0 Å². The van der Waals surface area contributed by atoms with Gasteiger partial charge in [-0.3, -0.25) is 0 Å². The first-order valence-electron chi connectivity index (χ1n) is 23.6. The van der Waals surface area contributed by atoms with E-state index in [-0.39, 0.29) is 33.8 Å². The molecule has 0 amide bonds. The predicted molar refractivity (Wildman–Crippen MR) is 278 cm³/mol. The van der Waals surface area contributed by atoms with Gasteiger partial charge in [-0.25, -0.2) is 0 Å². The highest BCUT2D eigenvalue weighted by Gasteiger charge is 2.47. The lowest BCUT2D eigenvalue weighted by Crippen LogP contribution is -2.61. The maximum atomic E-state index is 2.69. The lowest BCUT2D eigenvalue weighted by Gasteiger charge is -2.46. The van der Waals surface area contributed by atoms with E-state index in [0.717, 1.165) is 0 Å². The number of hydrogen-bond donors (Lipinski definition) is 0. The molecule has 0 fully saturated rings. The third-order valence-corrected chi connectivity index (χ3v) is 14.7. The molecule has 10 rings (SSSR count). The fraction of sp³-hybridized carbons (Fsp3) is 0.311. The van der Waals surface area contributed by atoms with Gasteiger partial charge in [0.2, 0.25) is 0 Å². The Hall–Kier alpha value is -5.80. The van der Waals surface area contributed by atoms with Gasteiger partial charge in [0.05, 0.1) is 5.69 Å². The van der Waals surface area contributed by atoms with Crippen LogP contribution in [0.5, 0.6) is 0 Å².